The van der Waals surface area contributed by atoms with Crippen LogP contribution in [-0.2, 0) is 20.9 Å². The third-order valence-electron chi connectivity index (χ3n) is 14.2. The molecule has 4 aliphatic heterocycles. The maximum atomic E-state index is 15.4. The molecular formula is C48H50F2N14O3. The maximum Gasteiger partial charge on any atom is 0.249 e. The first-order chi connectivity index (χ1) is 32.7. The SMILES string of the molecule is N#Cc1cnn2cc(-c3cnn([C@H]4CC[C@@H](N5CCN(c6ccc(NC7CCC(=O)NC7=O)cc6F)CC5)CC4)c3)nc(-c3ccc(N4C[C@H]5COC[C@@H](C4)N5Cc4ccc(F)cn4)nc3)c12. The minimum Gasteiger partial charge on any atom is -0.378 e. The van der Waals surface area contributed by atoms with E-state index in [-0.39, 0.29) is 48.0 Å². The molecule has 0 spiro atoms. The van der Waals surface area contributed by atoms with E-state index in [1.807, 2.05) is 30.7 Å². The number of pyridine rings is 2. The monoisotopic (exact) mass is 908 g/mol. The minimum atomic E-state index is -0.564. The van der Waals surface area contributed by atoms with Gasteiger partial charge in [-0.3, -0.25) is 34.4 Å². The average molecular weight is 909 g/mol. The van der Waals surface area contributed by atoms with Crippen molar-refractivity contribution in [1.82, 2.24) is 49.5 Å². The summed E-state index contributed by atoms with van der Waals surface area (Å²) in [7, 11) is 0. The predicted octanol–water partition coefficient (Wildman–Crippen LogP) is 4.81. The molecule has 67 heavy (non-hydrogen) atoms. The van der Waals surface area contributed by atoms with Crippen molar-refractivity contribution in [3.05, 3.63) is 103 Å². The Kier molecular flexibility index (Phi) is 11.5. The molecule has 5 aromatic heterocycles. The molecule has 0 radical (unpaired) electrons. The number of imide groups is 1. The third kappa shape index (κ3) is 8.67. The fourth-order valence-electron chi connectivity index (χ4n) is 10.6. The molecule has 1 saturated carbocycles. The van der Waals surface area contributed by atoms with Crippen LogP contribution in [0.4, 0.5) is 26.0 Å². The highest BCUT2D eigenvalue weighted by Gasteiger charge is 2.39. The molecule has 2 bridgehead atoms. The van der Waals surface area contributed by atoms with Gasteiger partial charge in [0.15, 0.2) is 0 Å². The van der Waals surface area contributed by atoms with E-state index in [1.54, 1.807) is 28.9 Å². The number of fused-ring (bicyclic) bond motifs is 3. The van der Waals surface area contributed by atoms with Gasteiger partial charge in [0.05, 0.1) is 78.9 Å². The molecule has 1 aromatic carbocycles. The van der Waals surface area contributed by atoms with Crippen molar-refractivity contribution in [3.8, 4) is 28.6 Å². The average Bonchev–Trinajstić information content (AvgIpc) is 4.02. The Balaban J connectivity index is 0.721. The van der Waals surface area contributed by atoms with E-state index in [2.05, 4.69) is 57.3 Å². The van der Waals surface area contributed by atoms with Gasteiger partial charge in [-0.05, 0) is 74.6 Å². The third-order valence-corrected chi connectivity index (χ3v) is 14.2. The quantitative estimate of drug-likeness (QED) is 0.179. The highest BCUT2D eigenvalue weighted by atomic mass is 19.1. The van der Waals surface area contributed by atoms with Gasteiger partial charge in [0.2, 0.25) is 11.8 Å². The summed E-state index contributed by atoms with van der Waals surface area (Å²) in [6, 6.07) is 14.9. The summed E-state index contributed by atoms with van der Waals surface area (Å²) in [5, 5.41) is 24.8. The summed E-state index contributed by atoms with van der Waals surface area (Å²) >= 11 is 0. The number of piperidine rings is 1. The number of nitrogens with one attached hydrogen (secondary N) is 2. The van der Waals surface area contributed by atoms with Crippen molar-refractivity contribution < 1.29 is 23.1 Å². The fourth-order valence-corrected chi connectivity index (χ4v) is 10.6. The van der Waals surface area contributed by atoms with Crippen molar-refractivity contribution in [1.29, 1.82) is 5.26 Å². The Hall–Kier alpha value is -6.88. The number of morpholine rings is 1. The number of rotatable bonds is 10. The second-order valence-electron chi connectivity index (χ2n) is 18.2. The fraction of sp³-hybridized carbons (Fsp3) is 0.417. The van der Waals surface area contributed by atoms with Crippen molar-refractivity contribution >= 4 is 34.5 Å². The smallest absolute Gasteiger partial charge is 0.249 e. The van der Waals surface area contributed by atoms with Crippen LogP contribution < -0.4 is 20.4 Å². The summed E-state index contributed by atoms with van der Waals surface area (Å²) in [6.45, 7) is 6.39. The second-order valence-corrected chi connectivity index (χ2v) is 18.2. The lowest BCUT2D eigenvalue weighted by atomic mass is 9.90. The van der Waals surface area contributed by atoms with E-state index in [0.717, 1.165) is 87.6 Å². The number of piperazine rings is 2. The number of hydrogen-bond acceptors (Lipinski definition) is 14. The van der Waals surface area contributed by atoms with Gasteiger partial charge in [0.1, 0.15) is 40.6 Å². The maximum absolute atomic E-state index is 15.4. The van der Waals surface area contributed by atoms with Crippen LogP contribution in [-0.4, -0.2) is 133 Å². The number of anilines is 3. The molecule has 6 aromatic rings. The van der Waals surface area contributed by atoms with E-state index in [1.165, 1.54) is 18.3 Å². The normalized spacial score (nSPS) is 23.9. The highest BCUT2D eigenvalue weighted by molar-refractivity contribution is 6.01. The first kappa shape index (κ1) is 42.7. The Morgan fingerprint density at radius 2 is 1.61 bits per heavy atom. The van der Waals surface area contributed by atoms with E-state index >= 15 is 4.39 Å². The molecule has 5 aliphatic rings. The molecule has 1 aliphatic carbocycles. The molecule has 17 nitrogen and oxygen atoms in total. The molecule has 2 amide bonds. The number of carbonyl (C=O) groups excluding carboxylic acids is 2. The predicted molar refractivity (Wildman–Crippen MR) is 244 cm³/mol. The van der Waals surface area contributed by atoms with Gasteiger partial charge in [-0.2, -0.15) is 15.5 Å². The molecule has 2 N–H and O–H groups in total. The number of carbonyl (C=O) groups is 2. The molecule has 4 saturated heterocycles. The zero-order valence-corrected chi connectivity index (χ0v) is 36.8. The number of hydrogen-bond donors (Lipinski definition) is 2. The number of halogens is 2. The Labute approximate surface area is 385 Å². The van der Waals surface area contributed by atoms with Crippen molar-refractivity contribution in [2.45, 2.75) is 75.3 Å². The second kappa shape index (κ2) is 18.1. The van der Waals surface area contributed by atoms with Crippen molar-refractivity contribution in [2.24, 2.45) is 0 Å². The molecule has 344 valence electrons. The van der Waals surface area contributed by atoms with Gasteiger partial charge in [-0.15, -0.1) is 0 Å². The van der Waals surface area contributed by atoms with Crippen LogP contribution in [0.2, 0.25) is 0 Å². The van der Waals surface area contributed by atoms with Gasteiger partial charge < -0.3 is 19.9 Å². The first-order valence-corrected chi connectivity index (χ1v) is 23.1. The van der Waals surface area contributed by atoms with Crippen LogP contribution in [0.25, 0.3) is 28.0 Å². The Morgan fingerprint density at radius 1 is 0.806 bits per heavy atom. The van der Waals surface area contributed by atoms with E-state index in [0.29, 0.717) is 66.1 Å². The molecule has 3 atom stereocenters. The van der Waals surface area contributed by atoms with Gasteiger partial charge in [-0.1, -0.05) is 0 Å². The number of amides is 2. The van der Waals surface area contributed by atoms with Crippen LogP contribution in [0, 0.1) is 23.0 Å². The number of nitriles is 1. The lowest BCUT2D eigenvalue weighted by molar-refractivity contribution is -0.133. The van der Waals surface area contributed by atoms with Crippen LogP contribution in [0.15, 0.2) is 79.6 Å². The van der Waals surface area contributed by atoms with Gasteiger partial charge in [-0.25, -0.2) is 23.3 Å². The van der Waals surface area contributed by atoms with Gasteiger partial charge >= 0.3 is 0 Å². The highest BCUT2D eigenvalue weighted by Crippen LogP contribution is 2.35. The van der Waals surface area contributed by atoms with Crippen LogP contribution >= 0.6 is 0 Å². The number of ether oxygens (including phenoxy) is 1. The Bertz CT molecular complexity index is 2820. The lowest BCUT2D eigenvalue weighted by Crippen LogP contribution is -2.64. The molecule has 5 fully saturated rings. The molecular weight excluding hydrogens is 859 g/mol. The summed E-state index contributed by atoms with van der Waals surface area (Å²) in [5.41, 5.74) is 5.87. The largest absolute Gasteiger partial charge is 0.378 e. The summed E-state index contributed by atoms with van der Waals surface area (Å²) in [5.74, 6) is -0.500. The van der Waals surface area contributed by atoms with Crippen molar-refractivity contribution in [2.75, 3.05) is 67.6 Å². The van der Waals surface area contributed by atoms with Gasteiger partial charge in [0, 0.05) is 87.5 Å². The molecule has 11 rings (SSSR count). The number of benzene rings is 1. The van der Waals surface area contributed by atoms with Crippen molar-refractivity contribution in [3.63, 3.8) is 0 Å². The molecule has 19 heteroatoms. The Morgan fingerprint density at radius 3 is 2.33 bits per heavy atom. The summed E-state index contributed by atoms with van der Waals surface area (Å²) in [4.78, 5) is 47.4. The zero-order valence-electron chi connectivity index (χ0n) is 36.8. The number of nitrogens with zero attached hydrogens (tertiary/aromatic N) is 12. The molecule has 1 unspecified atom stereocenters. The topological polar surface area (TPSA) is 178 Å². The summed E-state index contributed by atoms with van der Waals surface area (Å²) in [6.07, 6.45) is 15.1. The van der Waals surface area contributed by atoms with Crippen LogP contribution in [0.5, 0.6) is 0 Å². The first-order valence-electron chi connectivity index (χ1n) is 23.1. The van der Waals surface area contributed by atoms with E-state index < -0.39 is 6.04 Å². The molecule has 9 heterocycles. The van der Waals surface area contributed by atoms with E-state index in [9.17, 15) is 19.2 Å². The van der Waals surface area contributed by atoms with Gasteiger partial charge in [0.25, 0.3) is 0 Å². The van der Waals surface area contributed by atoms with Crippen LogP contribution in [0.3, 0.4) is 0 Å². The number of aromatic nitrogens is 7. The zero-order chi connectivity index (χ0) is 45.6. The lowest BCUT2D eigenvalue weighted by Gasteiger charge is -2.50. The van der Waals surface area contributed by atoms with Crippen LogP contribution in [0.1, 0.15) is 55.8 Å². The standard InChI is InChI=1S/C48H50F2N14O3/c49-33-2-3-35(52-22-33)24-62-38-25-61(26-39(62)29-67-28-38)44-11-1-30(19-53-44)46-47-31(18-51)20-55-64(47)27-42(57-46)32-21-54-63(23-32)37-7-5-36(6-8-37)59-13-15-60(16-14-59)43-10-4-34(17-40(43)50)56-41-9-12-45(65)58-48(41)66/h1-4,10-11,17,19-23,27,36-39,41,56H,5-9,12-16,24-26,28-29H2,(H,58,65,66)/t36-,37+,38-,39+,41?. The minimum absolute atomic E-state index is 0.131. The van der Waals surface area contributed by atoms with E-state index in [4.69, 9.17) is 19.8 Å². The summed E-state index contributed by atoms with van der Waals surface area (Å²) < 4.78 is 38.6.